The highest BCUT2D eigenvalue weighted by Gasteiger charge is 2.14. The fourth-order valence-electron chi connectivity index (χ4n) is 1.33. The van der Waals surface area contributed by atoms with Crippen LogP contribution in [-0.2, 0) is 10.0 Å². The van der Waals surface area contributed by atoms with Gasteiger partial charge in [-0.05, 0) is 19.1 Å². The largest absolute Gasteiger partial charge is 0.348 e. The Morgan fingerprint density at radius 1 is 1.39 bits per heavy atom. The molecular weight excluding hydrogens is 254 g/mol. The summed E-state index contributed by atoms with van der Waals surface area (Å²) in [7, 11) is -3.42. The number of amides is 1. The summed E-state index contributed by atoms with van der Waals surface area (Å²) in [5, 5.41) is 2.67. The molecule has 6 nitrogen and oxygen atoms in total. The molecule has 1 aromatic carbocycles. The first kappa shape index (κ1) is 14.5. The van der Waals surface area contributed by atoms with Crippen LogP contribution in [0.2, 0.25) is 0 Å². The van der Waals surface area contributed by atoms with Crippen LogP contribution < -0.4 is 15.8 Å². The zero-order valence-corrected chi connectivity index (χ0v) is 11.1. The lowest BCUT2D eigenvalue weighted by molar-refractivity contribution is 0.0942. The molecule has 0 saturated carbocycles. The highest BCUT2D eigenvalue weighted by molar-refractivity contribution is 7.92. The maximum Gasteiger partial charge on any atom is 0.253 e. The van der Waals surface area contributed by atoms with Gasteiger partial charge in [-0.25, -0.2) is 8.42 Å². The minimum Gasteiger partial charge on any atom is -0.348 e. The van der Waals surface area contributed by atoms with Crippen molar-refractivity contribution in [3.8, 4) is 0 Å². The van der Waals surface area contributed by atoms with Gasteiger partial charge in [0.15, 0.2) is 0 Å². The van der Waals surface area contributed by atoms with E-state index in [2.05, 4.69) is 10.0 Å². The second-order valence-electron chi connectivity index (χ2n) is 4.03. The number of benzene rings is 1. The zero-order valence-electron chi connectivity index (χ0n) is 10.3. The molecule has 0 saturated heterocycles. The van der Waals surface area contributed by atoms with Crippen LogP contribution in [0.25, 0.3) is 0 Å². The number of hydrogen-bond donors (Lipinski definition) is 3. The molecular formula is C11H17N3O3S. The Bertz CT molecular complexity index is 528. The van der Waals surface area contributed by atoms with E-state index in [1.165, 1.54) is 6.07 Å². The van der Waals surface area contributed by atoms with E-state index in [0.717, 1.165) is 6.26 Å². The Morgan fingerprint density at radius 3 is 2.56 bits per heavy atom. The van der Waals surface area contributed by atoms with Crippen molar-refractivity contribution in [2.45, 2.75) is 13.0 Å². The van der Waals surface area contributed by atoms with E-state index >= 15 is 0 Å². The monoisotopic (exact) mass is 271 g/mol. The van der Waals surface area contributed by atoms with Crippen LogP contribution >= 0.6 is 0 Å². The lowest BCUT2D eigenvalue weighted by Gasteiger charge is -2.14. The second-order valence-corrected chi connectivity index (χ2v) is 5.78. The van der Waals surface area contributed by atoms with Gasteiger partial charge >= 0.3 is 0 Å². The molecule has 1 atom stereocenters. The third kappa shape index (κ3) is 4.34. The molecule has 7 heteroatoms. The molecule has 0 aliphatic heterocycles. The molecule has 0 aliphatic carbocycles. The van der Waals surface area contributed by atoms with Crippen LogP contribution in [0.5, 0.6) is 0 Å². The average molecular weight is 271 g/mol. The fourth-order valence-corrected chi connectivity index (χ4v) is 1.91. The molecule has 0 aliphatic rings. The summed E-state index contributed by atoms with van der Waals surface area (Å²) in [4.78, 5) is 11.9. The molecule has 4 N–H and O–H groups in total. The number of rotatable bonds is 5. The van der Waals surface area contributed by atoms with Crippen LogP contribution in [-0.4, -0.2) is 33.2 Å². The topological polar surface area (TPSA) is 101 Å². The molecule has 1 amide bonds. The summed E-state index contributed by atoms with van der Waals surface area (Å²) in [6.07, 6.45) is 1.03. The fraction of sp³-hybridized carbons (Fsp3) is 0.364. The predicted octanol–water partition coefficient (Wildman–Crippen LogP) is 0.135. The highest BCUT2D eigenvalue weighted by atomic mass is 32.2. The van der Waals surface area contributed by atoms with E-state index in [1.807, 2.05) is 0 Å². The van der Waals surface area contributed by atoms with E-state index < -0.39 is 10.0 Å². The molecule has 0 heterocycles. The number of carbonyl (C=O) groups excluding carboxylic acids is 1. The minimum absolute atomic E-state index is 0.177. The molecule has 0 bridgehead atoms. The first-order valence-corrected chi connectivity index (χ1v) is 7.30. The zero-order chi connectivity index (χ0) is 13.8. The molecule has 0 spiro atoms. The van der Waals surface area contributed by atoms with Crippen molar-refractivity contribution in [3.63, 3.8) is 0 Å². The molecule has 100 valence electrons. The predicted molar refractivity (Wildman–Crippen MR) is 70.9 cm³/mol. The van der Waals surface area contributed by atoms with Gasteiger partial charge in [-0.15, -0.1) is 0 Å². The quantitative estimate of drug-likeness (QED) is 0.708. The van der Waals surface area contributed by atoms with Crippen LogP contribution in [0.3, 0.4) is 0 Å². The summed E-state index contributed by atoms with van der Waals surface area (Å²) in [5.74, 6) is -0.361. The lowest BCUT2D eigenvalue weighted by Crippen LogP contribution is -2.38. The number of para-hydroxylation sites is 1. The summed E-state index contributed by atoms with van der Waals surface area (Å²) in [5.41, 5.74) is 5.93. The molecule has 1 rings (SSSR count). The van der Waals surface area contributed by atoms with Crippen molar-refractivity contribution in [1.82, 2.24) is 5.32 Å². The summed E-state index contributed by atoms with van der Waals surface area (Å²) in [6, 6.07) is 6.21. The number of anilines is 1. The maximum absolute atomic E-state index is 11.9. The lowest BCUT2D eigenvalue weighted by atomic mass is 10.1. The Hall–Kier alpha value is -1.60. The van der Waals surface area contributed by atoms with E-state index in [1.54, 1.807) is 25.1 Å². The second kappa shape index (κ2) is 5.83. The van der Waals surface area contributed by atoms with E-state index in [4.69, 9.17) is 5.73 Å². The average Bonchev–Trinajstić information content (AvgIpc) is 2.27. The third-order valence-corrected chi connectivity index (χ3v) is 2.79. The van der Waals surface area contributed by atoms with Crippen LogP contribution in [0.15, 0.2) is 24.3 Å². The van der Waals surface area contributed by atoms with Gasteiger partial charge in [0.05, 0.1) is 17.5 Å². The van der Waals surface area contributed by atoms with Crippen LogP contribution in [0.1, 0.15) is 17.3 Å². The van der Waals surface area contributed by atoms with Gasteiger partial charge in [0, 0.05) is 12.6 Å². The van der Waals surface area contributed by atoms with Crippen molar-refractivity contribution >= 4 is 21.6 Å². The molecule has 0 unspecified atom stereocenters. The number of sulfonamides is 1. The Morgan fingerprint density at radius 2 is 2.00 bits per heavy atom. The van der Waals surface area contributed by atoms with E-state index in [0.29, 0.717) is 6.54 Å². The standard InChI is InChI=1S/C11H17N3O3S/c1-8(7-12)13-11(15)9-5-3-4-6-10(9)14-18(2,16)17/h3-6,8,14H,7,12H2,1-2H3,(H,13,15)/t8-/m0/s1. The van der Waals surface area contributed by atoms with Crippen molar-refractivity contribution in [2.75, 3.05) is 17.5 Å². The first-order valence-electron chi connectivity index (χ1n) is 5.41. The Balaban J connectivity index is 2.98. The van der Waals surface area contributed by atoms with Gasteiger partial charge in [-0.1, -0.05) is 12.1 Å². The van der Waals surface area contributed by atoms with E-state index in [-0.39, 0.29) is 23.2 Å². The van der Waals surface area contributed by atoms with Crippen LogP contribution in [0, 0.1) is 0 Å². The van der Waals surface area contributed by atoms with Gasteiger partial charge in [0.1, 0.15) is 0 Å². The number of hydrogen-bond acceptors (Lipinski definition) is 4. The van der Waals surface area contributed by atoms with Crippen molar-refractivity contribution < 1.29 is 13.2 Å². The van der Waals surface area contributed by atoms with Gasteiger partial charge in [-0.3, -0.25) is 9.52 Å². The number of nitrogens with one attached hydrogen (secondary N) is 2. The molecule has 0 radical (unpaired) electrons. The van der Waals surface area contributed by atoms with Crippen molar-refractivity contribution in [1.29, 1.82) is 0 Å². The highest BCUT2D eigenvalue weighted by Crippen LogP contribution is 2.16. The molecule has 18 heavy (non-hydrogen) atoms. The molecule has 1 aromatic rings. The normalized spacial score (nSPS) is 12.8. The third-order valence-electron chi connectivity index (χ3n) is 2.20. The maximum atomic E-state index is 11.9. The van der Waals surface area contributed by atoms with E-state index in [9.17, 15) is 13.2 Å². The first-order chi connectivity index (χ1) is 8.33. The number of nitrogens with two attached hydrogens (primary N) is 1. The smallest absolute Gasteiger partial charge is 0.253 e. The SMILES string of the molecule is C[C@@H](CN)NC(=O)c1ccccc1NS(C)(=O)=O. The minimum atomic E-state index is -3.42. The summed E-state index contributed by atoms with van der Waals surface area (Å²) < 4.78 is 24.7. The van der Waals surface area contributed by atoms with Crippen molar-refractivity contribution in [2.24, 2.45) is 5.73 Å². The molecule has 0 fully saturated rings. The summed E-state index contributed by atoms with van der Waals surface area (Å²) >= 11 is 0. The van der Waals surface area contributed by atoms with Crippen LogP contribution in [0.4, 0.5) is 5.69 Å². The van der Waals surface area contributed by atoms with Gasteiger partial charge in [0.25, 0.3) is 5.91 Å². The van der Waals surface area contributed by atoms with Gasteiger partial charge in [0.2, 0.25) is 10.0 Å². The van der Waals surface area contributed by atoms with Gasteiger partial charge < -0.3 is 11.1 Å². The Kier molecular flexibility index (Phi) is 4.69. The summed E-state index contributed by atoms with van der Waals surface area (Å²) in [6.45, 7) is 2.08. The molecule has 0 aromatic heterocycles. The Labute approximate surface area is 107 Å². The van der Waals surface area contributed by atoms with Gasteiger partial charge in [-0.2, -0.15) is 0 Å². The number of carbonyl (C=O) groups is 1. The van der Waals surface area contributed by atoms with Crippen molar-refractivity contribution in [3.05, 3.63) is 29.8 Å².